The van der Waals surface area contributed by atoms with Crippen LogP contribution in [0.3, 0.4) is 0 Å². The second kappa shape index (κ2) is 6.87. The number of carboxylic acids is 1. The van der Waals surface area contributed by atoms with Crippen molar-refractivity contribution in [2.75, 3.05) is 6.54 Å². The molecule has 5 heteroatoms. The molecule has 0 aromatic carbocycles. The number of nitrogens with zero attached hydrogens (tertiary/aromatic N) is 1. The predicted molar refractivity (Wildman–Crippen MR) is 71.8 cm³/mol. The van der Waals surface area contributed by atoms with E-state index in [9.17, 15) is 9.59 Å². The molecule has 0 saturated heterocycles. The van der Waals surface area contributed by atoms with Crippen LogP contribution in [-0.4, -0.2) is 28.5 Å². The summed E-state index contributed by atoms with van der Waals surface area (Å²) in [5.41, 5.74) is 0.671. The number of carbonyl (C=O) groups is 2. The molecule has 0 unspecified atom stereocenters. The third kappa shape index (κ3) is 5.50. The van der Waals surface area contributed by atoms with Crippen LogP contribution >= 0.6 is 0 Å². The molecular weight excluding hydrogens is 244 g/mol. The highest BCUT2D eigenvalue weighted by Crippen LogP contribution is 2.19. The highest BCUT2D eigenvalue weighted by molar-refractivity contribution is 5.76. The van der Waals surface area contributed by atoms with Crippen molar-refractivity contribution in [1.29, 1.82) is 0 Å². The van der Waals surface area contributed by atoms with Gasteiger partial charge in [0.15, 0.2) is 0 Å². The number of aromatic nitrogens is 1. The van der Waals surface area contributed by atoms with Crippen LogP contribution in [0.2, 0.25) is 0 Å². The highest BCUT2D eigenvalue weighted by atomic mass is 16.4. The molecule has 1 rings (SSSR count). The van der Waals surface area contributed by atoms with Crippen LogP contribution in [-0.2, 0) is 15.0 Å². The van der Waals surface area contributed by atoms with Gasteiger partial charge >= 0.3 is 5.97 Å². The number of hydrogen-bond acceptors (Lipinski definition) is 3. The summed E-state index contributed by atoms with van der Waals surface area (Å²) in [6.45, 7) is 4.50. The van der Waals surface area contributed by atoms with Gasteiger partial charge in [0, 0.05) is 36.7 Å². The maximum atomic E-state index is 11.6. The van der Waals surface area contributed by atoms with Crippen molar-refractivity contribution in [2.24, 2.45) is 0 Å². The summed E-state index contributed by atoms with van der Waals surface area (Å²) >= 11 is 0. The molecule has 0 bridgehead atoms. The smallest absolute Gasteiger partial charge is 0.303 e. The minimum Gasteiger partial charge on any atom is -0.481 e. The number of carboxylic acid groups (broad SMARTS) is 1. The summed E-state index contributed by atoms with van der Waals surface area (Å²) in [5.74, 6) is -0.994. The van der Waals surface area contributed by atoms with Crippen LogP contribution in [0, 0.1) is 0 Å². The first-order valence-electron chi connectivity index (χ1n) is 6.32. The van der Waals surface area contributed by atoms with E-state index in [4.69, 9.17) is 5.11 Å². The van der Waals surface area contributed by atoms with Crippen LogP contribution in [0.15, 0.2) is 24.4 Å². The van der Waals surface area contributed by atoms with Crippen LogP contribution in [0.4, 0.5) is 0 Å². The van der Waals surface area contributed by atoms with Gasteiger partial charge in [0.1, 0.15) is 0 Å². The van der Waals surface area contributed by atoms with Gasteiger partial charge in [0.25, 0.3) is 0 Å². The fourth-order valence-corrected chi connectivity index (χ4v) is 1.66. The quantitative estimate of drug-likeness (QED) is 0.786. The molecule has 19 heavy (non-hydrogen) atoms. The zero-order valence-electron chi connectivity index (χ0n) is 11.3. The molecule has 0 fully saturated rings. The lowest BCUT2D eigenvalue weighted by Crippen LogP contribution is -2.37. The molecular formula is C14H20N2O3. The first-order chi connectivity index (χ1) is 8.92. The van der Waals surface area contributed by atoms with Gasteiger partial charge in [0.2, 0.25) is 5.91 Å². The topological polar surface area (TPSA) is 79.3 Å². The van der Waals surface area contributed by atoms with Gasteiger partial charge in [-0.05, 0) is 18.6 Å². The SMILES string of the molecule is CC(C)(CNC(=O)CCCC(=O)O)c1ccccn1. The Morgan fingerprint density at radius 1 is 1.32 bits per heavy atom. The number of pyridine rings is 1. The maximum absolute atomic E-state index is 11.6. The highest BCUT2D eigenvalue weighted by Gasteiger charge is 2.22. The molecule has 104 valence electrons. The minimum atomic E-state index is -0.874. The molecule has 5 nitrogen and oxygen atoms in total. The van der Waals surface area contributed by atoms with Crippen LogP contribution in [0.25, 0.3) is 0 Å². The van der Waals surface area contributed by atoms with E-state index < -0.39 is 5.97 Å². The molecule has 0 aliphatic carbocycles. The number of hydrogen-bond donors (Lipinski definition) is 2. The summed E-state index contributed by atoms with van der Waals surface area (Å²) in [6.07, 6.45) is 2.36. The molecule has 1 aromatic heterocycles. The molecule has 0 saturated carbocycles. The van der Waals surface area contributed by atoms with Crippen LogP contribution in [0.5, 0.6) is 0 Å². The molecule has 0 aliphatic heterocycles. The molecule has 1 aromatic rings. The minimum absolute atomic E-state index is 0.0249. The fraction of sp³-hybridized carbons (Fsp3) is 0.500. The predicted octanol–water partition coefficient (Wildman–Crippen LogP) is 1.73. The summed E-state index contributed by atoms with van der Waals surface area (Å²) < 4.78 is 0. The Morgan fingerprint density at radius 2 is 2.05 bits per heavy atom. The van der Waals surface area contributed by atoms with Gasteiger partial charge in [-0.15, -0.1) is 0 Å². The third-order valence-electron chi connectivity index (χ3n) is 2.88. The summed E-state index contributed by atoms with van der Waals surface area (Å²) in [5, 5.41) is 11.3. The monoisotopic (exact) mass is 264 g/mol. The Balaban J connectivity index is 2.39. The van der Waals surface area contributed by atoms with E-state index in [-0.39, 0.29) is 24.2 Å². The number of amides is 1. The lowest BCUT2D eigenvalue weighted by Gasteiger charge is -2.24. The third-order valence-corrected chi connectivity index (χ3v) is 2.88. The van der Waals surface area contributed by atoms with Crippen molar-refractivity contribution < 1.29 is 14.7 Å². The fourth-order valence-electron chi connectivity index (χ4n) is 1.66. The van der Waals surface area contributed by atoms with Crippen molar-refractivity contribution in [3.05, 3.63) is 30.1 Å². The van der Waals surface area contributed by atoms with Crippen molar-refractivity contribution in [3.8, 4) is 0 Å². The summed E-state index contributed by atoms with van der Waals surface area (Å²) in [6, 6.07) is 5.69. The average Bonchev–Trinajstić information content (AvgIpc) is 2.37. The first-order valence-corrected chi connectivity index (χ1v) is 6.32. The molecule has 0 aliphatic rings. The molecule has 1 amide bonds. The molecule has 1 heterocycles. The Labute approximate surface area is 113 Å². The number of rotatable bonds is 7. The van der Waals surface area contributed by atoms with Crippen molar-refractivity contribution in [1.82, 2.24) is 10.3 Å². The van der Waals surface area contributed by atoms with Crippen molar-refractivity contribution in [2.45, 2.75) is 38.5 Å². The van der Waals surface area contributed by atoms with E-state index in [0.717, 1.165) is 5.69 Å². The Bertz CT molecular complexity index is 430. The van der Waals surface area contributed by atoms with Crippen molar-refractivity contribution in [3.63, 3.8) is 0 Å². The second-order valence-corrected chi connectivity index (χ2v) is 5.12. The zero-order valence-corrected chi connectivity index (χ0v) is 11.3. The van der Waals surface area contributed by atoms with Crippen LogP contribution < -0.4 is 5.32 Å². The molecule has 2 N–H and O–H groups in total. The zero-order chi connectivity index (χ0) is 14.3. The van der Waals surface area contributed by atoms with Crippen LogP contribution in [0.1, 0.15) is 38.8 Å². The van der Waals surface area contributed by atoms with E-state index in [2.05, 4.69) is 10.3 Å². The first kappa shape index (κ1) is 15.1. The van der Waals surface area contributed by atoms with Gasteiger partial charge in [-0.25, -0.2) is 0 Å². The Kier molecular flexibility index (Phi) is 5.48. The number of nitrogens with one attached hydrogen (secondary N) is 1. The van der Waals surface area contributed by atoms with E-state index in [1.165, 1.54) is 0 Å². The van der Waals surface area contributed by atoms with E-state index in [1.54, 1.807) is 6.20 Å². The van der Waals surface area contributed by atoms with Gasteiger partial charge in [0.05, 0.1) is 0 Å². The number of aliphatic carboxylic acids is 1. The molecule has 0 radical (unpaired) electrons. The Hall–Kier alpha value is -1.91. The Morgan fingerprint density at radius 3 is 2.63 bits per heavy atom. The lowest BCUT2D eigenvalue weighted by molar-refractivity contribution is -0.137. The van der Waals surface area contributed by atoms with E-state index in [0.29, 0.717) is 13.0 Å². The average molecular weight is 264 g/mol. The largest absolute Gasteiger partial charge is 0.481 e. The second-order valence-electron chi connectivity index (χ2n) is 5.12. The van der Waals surface area contributed by atoms with Gasteiger partial charge < -0.3 is 10.4 Å². The standard InChI is InChI=1S/C14H20N2O3/c1-14(2,11-6-3-4-9-15-11)10-16-12(17)7-5-8-13(18)19/h3-4,6,9H,5,7-8,10H2,1-2H3,(H,16,17)(H,18,19). The molecule has 0 atom stereocenters. The number of carbonyl (C=O) groups excluding carboxylic acids is 1. The van der Waals surface area contributed by atoms with Crippen molar-refractivity contribution >= 4 is 11.9 Å². The normalized spacial score (nSPS) is 11.1. The summed E-state index contributed by atoms with van der Waals surface area (Å²) in [4.78, 5) is 26.2. The van der Waals surface area contributed by atoms with E-state index >= 15 is 0 Å². The van der Waals surface area contributed by atoms with Gasteiger partial charge in [-0.1, -0.05) is 19.9 Å². The maximum Gasteiger partial charge on any atom is 0.303 e. The van der Waals surface area contributed by atoms with Gasteiger partial charge in [-0.2, -0.15) is 0 Å². The van der Waals surface area contributed by atoms with E-state index in [1.807, 2.05) is 32.0 Å². The van der Waals surface area contributed by atoms with Gasteiger partial charge in [-0.3, -0.25) is 14.6 Å². The summed E-state index contributed by atoms with van der Waals surface area (Å²) in [7, 11) is 0. The molecule has 0 spiro atoms. The lowest BCUT2D eigenvalue weighted by atomic mass is 9.88.